The molecular weight excluding hydrogens is 362 g/mol. The van der Waals surface area contributed by atoms with Crippen molar-refractivity contribution in [2.75, 3.05) is 27.2 Å². The van der Waals surface area contributed by atoms with Gasteiger partial charge in [0.2, 0.25) is 10.0 Å². The van der Waals surface area contributed by atoms with Gasteiger partial charge in [-0.05, 0) is 64.0 Å². The Labute approximate surface area is 157 Å². The summed E-state index contributed by atoms with van der Waals surface area (Å²) in [5.41, 5.74) is 0.516. The first-order chi connectivity index (χ1) is 11.2. The van der Waals surface area contributed by atoms with E-state index < -0.39 is 10.0 Å². The number of nitrogens with one attached hydrogen (secondary N) is 1. The summed E-state index contributed by atoms with van der Waals surface area (Å²) in [6.45, 7) is 5.48. The minimum atomic E-state index is -3.52. The summed E-state index contributed by atoms with van der Waals surface area (Å²) in [5, 5.41) is 3.28. The molecule has 1 aromatic rings. The highest BCUT2D eigenvalue weighted by atomic mass is 35.5. The summed E-state index contributed by atoms with van der Waals surface area (Å²) in [7, 11) is -0.147. The first kappa shape index (κ1) is 21.9. The standard InChI is InChI=1S/C17H27N3O3S.ClH/c1-13(2)20(4)24(22,23)16-7-5-14(6-8-16)17(21)19(3)15-9-11-18-12-10-15;/h5-8,13,15,18H,9-12H2,1-4H3;1H. The predicted octanol–water partition coefficient (Wildman–Crippen LogP) is 1.96. The number of nitrogens with zero attached hydrogens (tertiary/aromatic N) is 2. The van der Waals surface area contributed by atoms with Gasteiger partial charge in [0.05, 0.1) is 4.90 Å². The molecule has 0 bridgehead atoms. The predicted molar refractivity (Wildman–Crippen MR) is 102 cm³/mol. The molecule has 6 nitrogen and oxygen atoms in total. The zero-order valence-electron chi connectivity index (χ0n) is 15.2. The lowest BCUT2D eigenvalue weighted by Crippen LogP contribution is -2.43. The zero-order valence-corrected chi connectivity index (χ0v) is 16.9. The lowest BCUT2D eigenvalue weighted by Gasteiger charge is -2.31. The van der Waals surface area contributed by atoms with E-state index in [1.54, 1.807) is 24.1 Å². The maximum atomic E-state index is 12.6. The first-order valence-electron chi connectivity index (χ1n) is 8.31. The molecule has 1 aliphatic rings. The number of hydrogen-bond donors (Lipinski definition) is 1. The van der Waals surface area contributed by atoms with E-state index in [4.69, 9.17) is 0 Å². The summed E-state index contributed by atoms with van der Waals surface area (Å²) in [6, 6.07) is 6.33. The fourth-order valence-corrected chi connectivity index (χ4v) is 4.14. The molecule has 1 fully saturated rings. The van der Waals surface area contributed by atoms with Gasteiger partial charge in [0.1, 0.15) is 0 Å². The van der Waals surface area contributed by atoms with E-state index in [2.05, 4.69) is 5.32 Å². The Kier molecular flexibility index (Phi) is 7.87. The van der Waals surface area contributed by atoms with E-state index in [0.29, 0.717) is 5.56 Å². The second kappa shape index (κ2) is 8.98. The molecule has 0 unspecified atom stereocenters. The van der Waals surface area contributed by atoms with Gasteiger partial charge in [0.25, 0.3) is 5.91 Å². The number of carbonyl (C=O) groups is 1. The maximum Gasteiger partial charge on any atom is 0.253 e. The van der Waals surface area contributed by atoms with Crippen LogP contribution in [-0.2, 0) is 10.0 Å². The molecule has 8 heteroatoms. The van der Waals surface area contributed by atoms with Crippen molar-refractivity contribution in [1.82, 2.24) is 14.5 Å². The van der Waals surface area contributed by atoms with Gasteiger partial charge in [-0.1, -0.05) is 0 Å². The van der Waals surface area contributed by atoms with Gasteiger partial charge in [-0.25, -0.2) is 8.42 Å². The summed E-state index contributed by atoms with van der Waals surface area (Å²) in [5.74, 6) is -0.0666. The van der Waals surface area contributed by atoms with Crippen LogP contribution < -0.4 is 5.32 Å². The maximum absolute atomic E-state index is 12.6. The largest absolute Gasteiger partial charge is 0.339 e. The van der Waals surface area contributed by atoms with Crippen molar-refractivity contribution in [2.24, 2.45) is 0 Å². The molecule has 1 N–H and O–H groups in total. The van der Waals surface area contributed by atoms with Gasteiger partial charge in [0.15, 0.2) is 0 Å². The Morgan fingerprint density at radius 2 is 1.64 bits per heavy atom. The van der Waals surface area contributed by atoms with Crippen LogP contribution >= 0.6 is 12.4 Å². The minimum absolute atomic E-state index is 0. The number of amides is 1. The molecule has 1 saturated heterocycles. The van der Waals surface area contributed by atoms with E-state index in [9.17, 15) is 13.2 Å². The third-order valence-electron chi connectivity index (χ3n) is 4.68. The van der Waals surface area contributed by atoms with Crippen LogP contribution in [0.3, 0.4) is 0 Å². The highest BCUT2D eigenvalue weighted by molar-refractivity contribution is 7.89. The van der Waals surface area contributed by atoms with Crippen LogP contribution in [0.4, 0.5) is 0 Å². The third kappa shape index (κ3) is 4.94. The van der Waals surface area contributed by atoms with Crippen LogP contribution in [0.25, 0.3) is 0 Å². The van der Waals surface area contributed by atoms with Crippen LogP contribution in [0.2, 0.25) is 0 Å². The Hall–Kier alpha value is -1.15. The van der Waals surface area contributed by atoms with Crippen LogP contribution in [-0.4, -0.2) is 62.8 Å². The van der Waals surface area contributed by atoms with Crippen LogP contribution in [0.1, 0.15) is 37.0 Å². The minimum Gasteiger partial charge on any atom is -0.339 e. The van der Waals surface area contributed by atoms with Gasteiger partial charge in [-0.15, -0.1) is 12.4 Å². The Morgan fingerprint density at radius 1 is 1.12 bits per heavy atom. The molecule has 25 heavy (non-hydrogen) atoms. The Bertz CT molecular complexity index is 671. The van der Waals surface area contributed by atoms with E-state index in [1.165, 1.54) is 16.4 Å². The fraction of sp³-hybridized carbons (Fsp3) is 0.588. The second-order valence-corrected chi connectivity index (χ2v) is 8.53. The van der Waals surface area contributed by atoms with Crippen LogP contribution in [0, 0.1) is 0 Å². The molecule has 0 radical (unpaired) electrons. The molecule has 2 rings (SSSR count). The van der Waals surface area contributed by atoms with Crippen molar-refractivity contribution >= 4 is 28.3 Å². The van der Waals surface area contributed by atoms with Crippen LogP contribution in [0.15, 0.2) is 29.2 Å². The first-order valence-corrected chi connectivity index (χ1v) is 9.75. The molecule has 1 amide bonds. The van der Waals surface area contributed by atoms with Crippen molar-refractivity contribution in [2.45, 2.75) is 43.7 Å². The van der Waals surface area contributed by atoms with Crippen molar-refractivity contribution in [3.05, 3.63) is 29.8 Å². The van der Waals surface area contributed by atoms with Gasteiger partial charge >= 0.3 is 0 Å². The lowest BCUT2D eigenvalue weighted by molar-refractivity contribution is 0.0703. The van der Waals surface area contributed by atoms with Crippen molar-refractivity contribution in [3.63, 3.8) is 0 Å². The topological polar surface area (TPSA) is 69.7 Å². The van der Waals surface area contributed by atoms with Gasteiger partial charge < -0.3 is 10.2 Å². The highest BCUT2D eigenvalue weighted by Crippen LogP contribution is 2.19. The van der Waals surface area contributed by atoms with Crippen LogP contribution in [0.5, 0.6) is 0 Å². The number of rotatable bonds is 5. The normalized spacial score (nSPS) is 15.9. The molecule has 0 aromatic heterocycles. The fourth-order valence-electron chi connectivity index (χ4n) is 2.78. The summed E-state index contributed by atoms with van der Waals surface area (Å²) in [6.07, 6.45) is 1.88. The molecular formula is C17H28ClN3O3S. The van der Waals surface area contributed by atoms with Crippen molar-refractivity contribution in [3.8, 4) is 0 Å². The number of carbonyl (C=O) groups excluding carboxylic acids is 1. The summed E-state index contributed by atoms with van der Waals surface area (Å²) < 4.78 is 26.2. The number of halogens is 1. The molecule has 0 spiro atoms. The molecule has 142 valence electrons. The SMILES string of the molecule is CC(C)N(C)S(=O)(=O)c1ccc(C(=O)N(C)C2CCNCC2)cc1.Cl. The molecule has 0 aliphatic carbocycles. The monoisotopic (exact) mass is 389 g/mol. The summed E-state index contributed by atoms with van der Waals surface area (Å²) in [4.78, 5) is 14.6. The van der Waals surface area contributed by atoms with E-state index >= 15 is 0 Å². The molecule has 1 aliphatic heterocycles. The van der Waals surface area contributed by atoms with Gasteiger partial charge in [0, 0.05) is 31.7 Å². The number of sulfonamides is 1. The van der Waals surface area contributed by atoms with E-state index in [1.807, 2.05) is 20.9 Å². The molecule has 1 aromatic carbocycles. The quantitative estimate of drug-likeness (QED) is 0.835. The molecule has 0 saturated carbocycles. The van der Waals surface area contributed by atoms with Crippen molar-refractivity contribution < 1.29 is 13.2 Å². The average molecular weight is 390 g/mol. The highest BCUT2D eigenvalue weighted by Gasteiger charge is 2.25. The summed E-state index contributed by atoms with van der Waals surface area (Å²) >= 11 is 0. The van der Waals surface area contributed by atoms with Crippen molar-refractivity contribution in [1.29, 1.82) is 0 Å². The van der Waals surface area contributed by atoms with E-state index in [0.717, 1.165) is 25.9 Å². The van der Waals surface area contributed by atoms with E-state index in [-0.39, 0.29) is 35.3 Å². The Morgan fingerprint density at radius 3 is 2.12 bits per heavy atom. The van der Waals surface area contributed by atoms with Gasteiger partial charge in [-0.3, -0.25) is 4.79 Å². The number of benzene rings is 1. The third-order valence-corrected chi connectivity index (χ3v) is 6.73. The number of hydrogen-bond acceptors (Lipinski definition) is 4. The smallest absolute Gasteiger partial charge is 0.253 e. The lowest BCUT2D eigenvalue weighted by atomic mass is 10.0. The van der Waals surface area contributed by atoms with Gasteiger partial charge in [-0.2, -0.15) is 4.31 Å². The average Bonchev–Trinajstić information content (AvgIpc) is 2.60. The molecule has 0 atom stereocenters. The zero-order chi connectivity index (χ0) is 17.9. The second-order valence-electron chi connectivity index (χ2n) is 6.54. The number of piperidine rings is 1. The molecule has 1 heterocycles. The Balaban J connectivity index is 0.00000312.